The summed E-state index contributed by atoms with van der Waals surface area (Å²) in [6.07, 6.45) is -5.73. The summed E-state index contributed by atoms with van der Waals surface area (Å²) in [7, 11) is 0. The molecule has 0 atom stereocenters. The number of nitrogens with zero attached hydrogens (tertiary/aromatic N) is 1. The molecule has 0 radical (unpaired) electrons. The number of hydrazone groups is 1. The molecule has 170 valence electrons. The van der Waals surface area contributed by atoms with Crippen LogP contribution >= 0.6 is 11.8 Å². The Hall–Kier alpha value is -2.82. The number of halogens is 8. The van der Waals surface area contributed by atoms with Gasteiger partial charge in [-0.1, -0.05) is 48.5 Å². The van der Waals surface area contributed by atoms with E-state index in [0.29, 0.717) is 27.5 Å². The fourth-order valence-corrected chi connectivity index (χ4v) is 3.78. The summed E-state index contributed by atoms with van der Waals surface area (Å²) in [5.74, 6) is -6.37. The lowest BCUT2D eigenvalue weighted by atomic mass is 10.1. The molecule has 0 bridgehead atoms. The third kappa shape index (κ3) is 4.82. The molecule has 0 saturated carbocycles. The average molecular weight is 478 g/mol. The van der Waals surface area contributed by atoms with Crippen LogP contribution in [0.3, 0.4) is 0 Å². The molecule has 11 heteroatoms. The first kappa shape index (κ1) is 23.8. The highest BCUT2D eigenvalue weighted by atomic mass is 32.2. The Morgan fingerprint density at radius 1 is 0.812 bits per heavy atom. The maximum absolute atomic E-state index is 13.8. The van der Waals surface area contributed by atoms with Crippen molar-refractivity contribution in [1.29, 1.82) is 0 Å². The van der Waals surface area contributed by atoms with E-state index in [2.05, 4.69) is 5.10 Å². The van der Waals surface area contributed by atoms with Gasteiger partial charge in [-0.3, -0.25) is 0 Å². The maximum Gasteiger partial charge on any atom is 0.462 e. The van der Waals surface area contributed by atoms with Crippen molar-refractivity contribution in [3.8, 4) is 0 Å². The number of hydrogen-bond donors (Lipinski definition) is 1. The second kappa shape index (κ2) is 8.97. The van der Waals surface area contributed by atoms with Gasteiger partial charge in [-0.2, -0.15) is 35.8 Å². The third-order valence-electron chi connectivity index (χ3n) is 4.42. The predicted molar refractivity (Wildman–Crippen MR) is 107 cm³/mol. The zero-order chi connectivity index (χ0) is 23.6. The third-order valence-corrected chi connectivity index (χ3v) is 5.54. The lowest BCUT2D eigenvalue weighted by molar-refractivity contribution is -0.361. The number of nitrogens with one attached hydrogen (secondary N) is 1. The number of rotatable bonds is 7. The van der Waals surface area contributed by atoms with Crippen LogP contribution in [0.25, 0.3) is 10.8 Å². The molecule has 3 aromatic rings. The Balaban J connectivity index is 1.83. The summed E-state index contributed by atoms with van der Waals surface area (Å²) in [5.41, 5.74) is 1.29. The number of alkyl halides is 7. The standard InChI is InChI=1S/C21H14F8N2S/c22-17-8-4-1-5-14(17)12-32-18-10-9-13(15-6-2-3-7-16(15)18)11-30-31-21(28,29)19(23,24)20(25,26)27/h1-11,31H,12H2/b30-11+. The molecule has 0 saturated heterocycles. The number of hydrogen-bond acceptors (Lipinski definition) is 3. The minimum Gasteiger partial charge on any atom is -0.242 e. The molecular formula is C21H14F8N2S. The van der Waals surface area contributed by atoms with Crippen LogP contribution in [0.2, 0.25) is 0 Å². The van der Waals surface area contributed by atoms with E-state index in [-0.39, 0.29) is 11.4 Å². The van der Waals surface area contributed by atoms with Gasteiger partial charge in [-0.25, -0.2) is 9.82 Å². The lowest BCUT2D eigenvalue weighted by Crippen LogP contribution is -2.58. The van der Waals surface area contributed by atoms with Crippen LogP contribution in [-0.2, 0) is 5.75 Å². The smallest absolute Gasteiger partial charge is 0.242 e. The van der Waals surface area contributed by atoms with Gasteiger partial charge in [0.1, 0.15) is 5.82 Å². The van der Waals surface area contributed by atoms with Crippen molar-refractivity contribution in [2.75, 3.05) is 0 Å². The van der Waals surface area contributed by atoms with Gasteiger partial charge in [0.25, 0.3) is 0 Å². The monoisotopic (exact) mass is 478 g/mol. The fourth-order valence-electron chi connectivity index (χ4n) is 2.74. The van der Waals surface area contributed by atoms with E-state index < -0.39 is 18.1 Å². The topological polar surface area (TPSA) is 24.4 Å². The minimum absolute atomic E-state index is 0.203. The van der Waals surface area contributed by atoms with Crippen LogP contribution < -0.4 is 5.43 Å². The van der Waals surface area contributed by atoms with Crippen molar-refractivity contribution in [3.63, 3.8) is 0 Å². The van der Waals surface area contributed by atoms with Gasteiger partial charge in [0.2, 0.25) is 0 Å². The molecule has 0 aliphatic carbocycles. The van der Waals surface area contributed by atoms with Gasteiger partial charge >= 0.3 is 18.1 Å². The van der Waals surface area contributed by atoms with Crippen molar-refractivity contribution in [1.82, 2.24) is 5.43 Å². The number of fused-ring (bicyclic) bond motifs is 1. The SMILES string of the molecule is Fc1ccccc1CSc1ccc(/C=N/NC(F)(F)C(F)(F)C(F)(F)F)c2ccccc12. The second-order valence-corrected chi connectivity index (χ2v) is 7.61. The van der Waals surface area contributed by atoms with Gasteiger partial charge < -0.3 is 0 Å². The first-order valence-electron chi connectivity index (χ1n) is 8.94. The molecule has 0 aromatic heterocycles. The zero-order valence-corrected chi connectivity index (χ0v) is 16.8. The summed E-state index contributed by atoms with van der Waals surface area (Å²) in [6.45, 7) is 0. The molecule has 0 aliphatic heterocycles. The van der Waals surface area contributed by atoms with Crippen molar-refractivity contribution >= 4 is 28.7 Å². The van der Waals surface area contributed by atoms with E-state index in [1.165, 1.54) is 23.9 Å². The van der Waals surface area contributed by atoms with Crippen molar-refractivity contribution in [2.24, 2.45) is 5.10 Å². The van der Waals surface area contributed by atoms with Crippen LogP contribution in [0.5, 0.6) is 0 Å². The van der Waals surface area contributed by atoms with Crippen LogP contribution in [0.1, 0.15) is 11.1 Å². The van der Waals surface area contributed by atoms with Crippen LogP contribution in [0.15, 0.2) is 70.7 Å². The van der Waals surface area contributed by atoms with E-state index in [0.717, 1.165) is 11.1 Å². The van der Waals surface area contributed by atoms with E-state index in [1.807, 2.05) is 0 Å². The Bertz CT molecular complexity index is 1130. The van der Waals surface area contributed by atoms with Crippen LogP contribution in [0, 0.1) is 5.82 Å². The Morgan fingerprint density at radius 2 is 1.44 bits per heavy atom. The molecular weight excluding hydrogens is 464 g/mol. The van der Waals surface area contributed by atoms with E-state index in [1.54, 1.807) is 48.5 Å². The average Bonchev–Trinajstić information content (AvgIpc) is 2.73. The van der Waals surface area contributed by atoms with Crippen molar-refractivity contribution in [3.05, 3.63) is 77.6 Å². The molecule has 0 amide bonds. The van der Waals surface area contributed by atoms with E-state index >= 15 is 0 Å². The molecule has 0 spiro atoms. The van der Waals surface area contributed by atoms with Gasteiger partial charge in [0.15, 0.2) is 0 Å². The van der Waals surface area contributed by atoms with Crippen LogP contribution in [0.4, 0.5) is 35.1 Å². The van der Waals surface area contributed by atoms with Gasteiger partial charge in [0, 0.05) is 16.2 Å². The van der Waals surface area contributed by atoms with Crippen LogP contribution in [-0.4, -0.2) is 24.4 Å². The highest BCUT2D eigenvalue weighted by Gasteiger charge is 2.73. The summed E-state index contributed by atoms with van der Waals surface area (Å²) in [5, 5.41) is 4.05. The number of benzene rings is 3. The Morgan fingerprint density at radius 3 is 2.09 bits per heavy atom. The molecule has 0 heterocycles. The quantitative estimate of drug-likeness (QED) is 0.130. The van der Waals surface area contributed by atoms with Gasteiger partial charge in [0.05, 0.1) is 6.21 Å². The largest absolute Gasteiger partial charge is 0.462 e. The normalized spacial score (nSPS) is 13.1. The molecule has 0 fully saturated rings. The first-order chi connectivity index (χ1) is 14.9. The first-order valence-corrected chi connectivity index (χ1v) is 9.93. The van der Waals surface area contributed by atoms with Crippen molar-refractivity contribution < 1.29 is 35.1 Å². The molecule has 0 aliphatic rings. The maximum atomic E-state index is 13.8. The minimum atomic E-state index is -6.46. The predicted octanol–water partition coefficient (Wildman–Crippen LogP) is 6.99. The molecule has 3 aromatic carbocycles. The van der Waals surface area contributed by atoms with Crippen molar-refractivity contribution in [2.45, 2.75) is 28.8 Å². The number of thioether (sulfide) groups is 1. The Kier molecular flexibility index (Phi) is 6.68. The zero-order valence-electron chi connectivity index (χ0n) is 15.9. The molecule has 1 N–H and O–H groups in total. The molecule has 2 nitrogen and oxygen atoms in total. The summed E-state index contributed by atoms with van der Waals surface area (Å²) >= 11 is 1.32. The van der Waals surface area contributed by atoms with Gasteiger partial charge in [-0.05, 0) is 28.5 Å². The highest BCUT2D eigenvalue weighted by molar-refractivity contribution is 7.98. The second-order valence-electron chi connectivity index (χ2n) is 6.60. The summed E-state index contributed by atoms with van der Waals surface area (Å²) < 4.78 is 103. The highest BCUT2D eigenvalue weighted by Crippen LogP contribution is 2.45. The van der Waals surface area contributed by atoms with E-state index in [4.69, 9.17) is 0 Å². The molecule has 32 heavy (non-hydrogen) atoms. The Labute approximate surface area is 181 Å². The summed E-state index contributed by atoms with van der Waals surface area (Å²) in [6, 6.07) is 10.3. The lowest BCUT2D eigenvalue weighted by Gasteiger charge is -2.27. The summed E-state index contributed by atoms with van der Waals surface area (Å²) in [4.78, 5) is 0.725. The van der Waals surface area contributed by atoms with Gasteiger partial charge in [-0.15, -0.1) is 11.8 Å². The fraction of sp³-hybridized carbons (Fsp3) is 0.190. The molecule has 3 rings (SSSR count). The van der Waals surface area contributed by atoms with E-state index in [9.17, 15) is 35.1 Å². The molecule has 0 unspecified atom stereocenters.